The Bertz CT molecular complexity index is 1440. The Kier molecular flexibility index (Phi) is 4.07. The molecule has 0 bridgehead atoms. The molecule has 0 atom stereocenters. The molecule has 0 aliphatic carbocycles. The number of nitrogens with zero attached hydrogens (tertiary/aromatic N) is 7. The van der Waals surface area contributed by atoms with Crippen LogP contribution in [0.15, 0.2) is 59.4 Å². The SMILES string of the molecule is Cc1ccc2c(c1)-n1nnc(-c3ccccc3)c1Cc1c(-c3nc(C(C)C)no3)ncn1-2. The maximum absolute atomic E-state index is 5.59. The third-order valence-corrected chi connectivity index (χ3v) is 5.79. The quantitative estimate of drug-likeness (QED) is 0.416. The van der Waals surface area contributed by atoms with Gasteiger partial charge in [0, 0.05) is 17.9 Å². The summed E-state index contributed by atoms with van der Waals surface area (Å²) in [5, 5.41) is 13.2. The van der Waals surface area contributed by atoms with Gasteiger partial charge in [0.1, 0.15) is 12.0 Å². The van der Waals surface area contributed by atoms with Gasteiger partial charge in [0.15, 0.2) is 11.5 Å². The molecule has 0 fully saturated rings. The molecule has 0 spiro atoms. The molecule has 2 aromatic carbocycles. The van der Waals surface area contributed by atoms with E-state index in [4.69, 9.17) is 4.52 Å². The van der Waals surface area contributed by atoms with Crippen molar-refractivity contribution in [1.29, 1.82) is 0 Å². The lowest BCUT2D eigenvalue weighted by molar-refractivity contribution is 0.418. The zero-order chi connectivity index (χ0) is 21.8. The first kappa shape index (κ1) is 18.7. The van der Waals surface area contributed by atoms with Gasteiger partial charge in [-0.25, -0.2) is 9.67 Å². The van der Waals surface area contributed by atoms with Gasteiger partial charge >= 0.3 is 0 Å². The number of imidazole rings is 1. The third-order valence-electron chi connectivity index (χ3n) is 5.79. The van der Waals surface area contributed by atoms with Crippen LogP contribution in [0, 0.1) is 6.92 Å². The van der Waals surface area contributed by atoms with E-state index in [1.54, 1.807) is 0 Å². The molecular formula is C24H21N7O. The predicted molar refractivity (Wildman–Crippen MR) is 119 cm³/mol. The molecule has 8 heteroatoms. The second kappa shape index (κ2) is 6.98. The maximum Gasteiger partial charge on any atom is 0.278 e. The van der Waals surface area contributed by atoms with E-state index in [9.17, 15) is 0 Å². The number of hydrogen-bond donors (Lipinski definition) is 0. The van der Waals surface area contributed by atoms with Crippen molar-refractivity contribution in [2.24, 2.45) is 0 Å². The molecule has 1 aliphatic rings. The Balaban J connectivity index is 1.60. The Morgan fingerprint density at radius 3 is 2.59 bits per heavy atom. The van der Waals surface area contributed by atoms with Crippen molar-refractivity contribution in [2.45, 2.75) is 33.1 Å². The van der Waals surface area contributed by atoms with Crippen LogP contribution >= 0.6 is 0 Å². The van der Waals surface area contributed by atoms with Crippen LogP contribution in [0.5, 0.6) is 0 Å². The van der Waals surface area contributed by atoms with Crippen molar-refractivity contribution in [2.75, 3.05) is 0 Å². The maximum atomic E-state index is 5.59. The van der Waals surface area contributed by atoms with Crippen LogP contribution in [0.3, 0.4) is 0 Å². The van der Waals surface area contributed by atoms with Crippen molar-refractivity contribution in [3.8, 4) is 34.2 Å². The van der Waals surface area contributed by atoms with E-state index in [1.807, 2.05) is 43.1 Å². The molecule has 0 N–H and O–H groups in total. The largest absolute Gasteiger partial charge is 0.332 e. The van der Waals surface area contributed by atoms with E-state index in [1.165, 1.54) is 0 Å². The lowest BCUT2D eigenvalue weighted by atomic mass is 10.1. The topological polar surface area (TPSA) is 87.4 Å². The average molecular weight is 423 g/mol. The van der Waals surface area contributed by atoms with E-state index < -0.39 is 0 Å². The molecule has 158 valence electrons. The first-order valence-electron chi connectivity index (χ1n) is 10.6. The molecule has 0 saturated carbocycles. The van der Waals surface area contributed by atoms with Crippen LogP contribution in [0.25, 0.3) is 34.2 Å². The Labute approximate surface area is 184 Å². The highest BCUT2D eigenvalue weighted by Gasteiger charge is 2.29. The van der Waals surface area contributed by atoms with Gasteiger partial charge in [-0.05, 0) is 24.6 Å². The molecule has 0 amide bonds. The molecular weight excluding hydrogens is 402 g/mol. The zero-order valence-electron chi connectivity index (χ0n) is 18.0. The second-order valence-electron chi connectivity index (χ2n) is 8.35. The summed E-state index contributed by atoms with van der Waals surface area (Å²) in [7, 11) is 0. The Morgan fingerprint density at radius 1 is 0.969 bits per heavy atom. The zero-order valence-corrected chi connectivity index (χ0v) is 18.0. The summed E-state index contributed by atoms with van der Waals surface area (Å²) in [5.41, 5.74) is 7.61. The van der Waals surface area contributed by atoms with Gasteiger partial charge in [0.25, 0.3) is 5.89 Å². The minimum atomic E-state index is 0.174. The molecule has 6 rings (SSSR count). The predicted octanol–water partition coefficient (Wildman–Crippen LogP) is 4.51. The molecule has 8 nitrogen and oxygen atoms in total. The van der Waals surface area contributed by atoms with E-state index in [2.05, 4.69) is 67.3 Å². The minimum absolute atomic E-state index is 0.174. The molecule has 4 heterocycles. The van der Waals surface area contributed by atoms with Crippen molar-refractivity contribution >= 4 is 0 Å². The Morgan fingerprint density at radius 2 is 1.81 bits per heavy atom. The first-order valence-corrected chi connectivity index (χ1v) is 10.6. The van der Waals surface area contributed by atoms with E-state index in [-0.39, 0.29) is 5.92 Å². The van der Waals surface area contributed by atoms with Gasteiger partial charge in [0.05, 0.1) is 22.8 Å². The highest BCUT2D eigenvalue weighted by Crippen LogP contribution is 2.35. The number of rotatable bonds is 3. The summed E-state index contributed by atoms with van der Waals surface area (Å²) in [6.45, 7) is 6.15. The number of aromatic nitrogens is 7. The van der Waals surface area contributed by atoms with Crippen LogP contribution in [0.1, 0.15) is 42.5 Å². The van der Waals surface area contributed by atoms with Gasteiger partial charge in [-0.3, -0.25) is 4.57 Å². The van der Waals surface area contributed by atoms with E-state index in [0.29, 0.717) is 23.8 Å². The molecule has 1 aliphatic heterocycles. The number of aryl methyl sites for hydroxylation is 1. The van der Waals surface area contributed by atoms with Gasteiger partial charge in [-0.1, -0.05) is 60.6 Å². The monoisotopic (exact) mass is 423 g/mol. The van der Waals surface area contributed by atoms with Crippen LogP contribution < -0.4 is 0 Å². The van der Waals surface area contributed by atoms with Gasteiger partial charge < -0.3 is 4.52 Å². The normalized spacial score (nSPS) is 12.4. The standard InChI is InChI=1S/C24H21N7O/c1-14(2)23-26-24(32-28-23)22-19-12-20-21(16-7-5-4-6-8-16)27-29-31(20)18-11-15(3)9-10-17(18)30(19)13-25-22/h4-11,13-14H,12H2,1-3H3. The van der Waals surface area contributed by atoms with Crippen molar-refractivity contribution in [3.05, 3.63) is 77.6 Å². The summed E-state index contributed by atoms with van der Waals surface area (Å²) in [6.07, 6.45) is 2.39. The average Bonchev–Trinajstić information content (AvgIpc) is 3.52. The van der Waals surface area contributed by atoms with Gasteiger partial charge in [0.2, 0.25) is 0 Å². The summed E-state index contributed by atoms with van der Waals surface area (Å²) < 4.78 is 9.62. The number of benzene rings is 2. The van der Waals surface area contributed by atoms with Crippen LogP contribution in [0.2, 0.25) is 0 Å². The molecule has 3 aromatic heterocycles. The molecule has 32 heavy (non-hydrogen) atoms. The first-order chi connectivity index (χ1) is 15.6. The van der Waals surface area contributed by atoms with E-state index in [0.717, 1.165) is 39.6 Å². The van der Waals surface area contributed by atoms with Crippen molar-refractivity contribution in [1.82, 2.24) is 34.7 Å². The highest BCUT2D eigenvalue weighted by molar-refractivity contribution is 5.68. The lowest BCUT2D eigenvalue weighted by Gasteiger charge is -2.10. The van der Waals surface area contributed by atoms with Crippen molar-refractivity contribution in [3.63, 3.8) is 0 Å². The molecule has 0 unspecified atom stereocenters. The third kappa shape index (κ3) is 2.80. The van der Waals surface area contributed by atoms with E-state index >= 15 is 0 Å². The summed E-state index contributed by atoms with van der Waals surface area (Å²) in [5.74, 6) is 1.27. The van der Waals surface area contributed by atoms with Crippen LogP contribution in [-0.2, 0) is 6.42 Å². The fraction of sp³-hybridized carbons (Fsp3) is 0.208. The summed E-state index contributed by atoms with van der Waals surface area (Å²) >= 11 is 0. The Hall–Kier alpha value is -4.07. The van der Waals surface area contributed by atoms with Crippen LogP contribution in [-0.4, -0.2) is 34.7 Å². The fourth-order valence-electron chi connectivity index (χ4n) is 4.13. The smallest absolute Gasteiger partial charge is 0.278 e. The van der Waals surface area contributed by atoms with Gasteiger partial charge in [-0.15, -0.1) is 5.10 Å². The number of fused-ring (bicyclic) bond motifs is 5. The van der Waals surface area contributed by atoms with Crippen molar-refractivity contribution < 1.29 is 4.52 Å². The van der Waals surface area contributed by atoms with Crippen LogP contribution in [0.4, 0.5) is 0 Å². The molecule has 0 saturated heterocycles. The highest BCUT2D eigenvalue weighted by atomic mass is 16.5. The summed E-state index contributed by atoms with van der Waals surface area (Å²) in [6, 6.07) is 16.4. The number of hydrogen-bond acceptors (Lipinski definition) is 6. The molecule has 0 radical (unpaired) electrons. The second-order valence-corrected chi connectivity index (χ2v) is 8.35. The van der Waals surface area contributed by atoms with Gasteiger partial charge in [-0.2, -0.15) is 4.98 Å². The minimum Gasteiger partial charge on any atom is -0.332 e. The fourth-order valence-corrected chi connectivity index (χ4v) is 4.13. The lowest BCUT2D eigenvalue weighted by Crippen LogP contribution is -2.03. The summed E-state index contributed by atoms with van der Waals surface area (Å²) in [4.78, 5) is 9.27. The molecule has 5 aromatic rings.